The minimum Gasteiger partial charge on any atom is -0.497 e. The topological polar surface area (TPSA) is 62.7 Å². The van der Waals surface area contributed by atoms with Gasteiger partial charge in [0.2, 0.25) is 10.0 Å². The number of thiazole rings is 1. The van der Waals surface area contributed by atoms with E-state index in [0.29, 0.717) is 36.8 Å². The lowest BCUT2D eigenvalue weighted by atomic mass is 10.2. The number of ether oxygens (including phenoxy) is 1. The molecule has 0 atom stereocenters. The molecule has 0 radical (unpaired) electrons. The summed E-state index contributed by atoms with van der Waals surface area (Å²) in [4.78, 5) is 7.30. The van der Waals surface area contributed by atoms with Crippen LogP contribution in [0.5, 0.6) is 5.75 Å². The van der Waals surface area contributed by atoms with E-state index in [0.717, 1.165) is 22.8 Å². The van der Waals surface area contributed by atoms with Gasteiger partial charge in [0.05, 0.1) is 24.2 Å². The second-order valence-electron chi connectivity index (χ2n) is 6.85. The van der Waals surface area contributed by atoms with Crippen LogP contribution < -0.4 is 4.74 Å². The molecule has 6 nitrogen and oxygen atoms in total. The third-order valence-corrected chi connectivity index (χ3v) is 7.76. The molecule has 2 heterocycles. The first-order chi connectivity index (χ1) is 14.1. The largest absolute Gasteiger partial charge is 0.497 e. The van der Waals surface area contributed by atoms with Gasteiger partial charge in [-0.05, 0) is 24.3 Å². The van der Waals surface area contributed by atoms with E-state index in [2.05, 4.69) is 22.4 Å². The minimum absolute atomic E-state index is 0.305. The summed E-state index contributed by atoms with van der Waals surface area (Å²) in [5, 5.41) is 3.13. The predicted octanol–water partition coefficient (Wildman–Crippen LogP) is 3.33. The molecular formula is C21H23N3O3S2. The fourth-order valence-electron chi connectivity index (χ4n) is 3.34. The Bertz CT molecular complexity index is 1040. The monoisotopic (exact) mass is 429 g/mol. The summed E-state index contributed by atoms with van der Waals surface area (Å²) in [7, 11) is -1.91. The molecule has 1 saturated heterocycles. The standard InChI is InChI=1S/C21H23N3O3S2/c1-27-18-7-9-19(10-8-18)29(25,26)24-13-11-23(12-14-24)15-21-22-20(16-28-21)17-5-3-2-4-6-17/h2-10,16H,11-15H2,1H3. The smallest absolute Gasteiger partial charge is 0.243 e. The highest BCUT2D eigenvalue weighted by Gasteiger charge is 2.28. The van der Waals surface area contributed by atoms with Gasteiger partial charge in [-0.3, -0.25) is 4.90 Å². The number of piperazine rings is 1. The van der Waals surface area contributed by atoms with E-state index in [-0.39, 0.29) is 0 Å². The van der Waals surface area contributed by atoms with Crippen molar-refractivity contribution in [1.82, 2.24) is 14.2 Å². The normalized spacial score (nSPS) is 16.0. The maximum atomic E-state index is 12.9. The Labute approximate surface area is 175 Å². The van der Waals surface area contributed by atoms with Crippen LogP contribution in [-0.2, 0) is 16.6 Å². The second kappa shape index (κ2) is 8.62. The van der Waals surface area contributed by atoms with E-state index in [1.165, 1.54) is 0 Å². The maximum absolute atomic E-state index is 12.9. The number of sulfonamides is 1. The van der Waals surface area contributed by atoms with Crippen LogP contribution in [0.1, 0.15) is 5.01 Å². The van der Waals surface area contributed by atoms with Crippen molar-refractivity contribution in [3.8, 4) is 17.0 Å². The zero-order valence-corrected chi connectivity index (χ0v) is 17.8. The second-order valence-corrected chi connectivity index (χ2v) is 9.73. The van der Waals surface area contributed by atoms with Gasteiger partial charge in [-0.2, -0.15) is 4.31 Å². The molecule has 1 aliphatic heterocycles. The summed E-state index contributed by atoms with van der Waals surface area (Å²) >= 11 is 1.65. The zero-order valence-electron chi connectivity index (χ0n) is 16.2. The number of hydrogen-bond donors (Lipinski definition) is 0. The molecule has 0 unspecified atom stereocenters. The van der Waals surface area contributed by atoms with Crippen LogP contribution in [-0.4, -0.2) is 55.9 Å². The third kappa shape index (κ3) is 4.51. The molecule has 0 N–H and O–H groups in total. The molecule has 29 heavy (non-hydrogen) atoms. The zero-order chi connectivity index (χ0) is 20.3. The molecular weight excluding hydrogens is 406 g/mol. The van der Waals surface area contributed by atoms with Gasteiger partial charge in [-0.1, -0.05) is 30.3 Å². The average molecular weight is 430 g/mol. The van der Waals surface area contributed by atoms with Crippen LogP contribution in [0.3, 0.4) is 0 Å². The van der Waals surface area contributed by atoms with Gasteiger partial charge in [0.15, 0.2) is 0 Å². The lowest BCUT2D eigenvalue weighted by Gasteiger charge is -2.33. The van der Waals surface area contributed by atoms with Crippen molar-refractivity contribution in [1.29, 1.82) is 0 Å². The lowest BCUT2D eigenvalue weighted by Crippen LogP contribution is -2.48. The molecule has 4 rings (SSSR count). The van der Waals surface area contributed by atoms with Gasteiger partial charge in [0.1, 0.15) is 10.8 Å². The first-order valence-corrected chi connectivity index (χ1v) is 11.7. The Morgan fingerprint density at radius 3 is 2.34 bits per heavy atom. The highest BCUT2D eigenvalue weighted by molar-refractivity contribution is 7.89. The molecule has 1 aromatic heterocycles. The summed E-state index contributed by atoms with van der Waals surface area (Å²) < 4.78 is 32.4. The molecule has 0 spiro atoms. The summed E-state index contributed by atoms with van der Waals surface area (Å²) in [6, 6.07) is 16.7. The van der Waals surface area contributed by atoms with Crippen LogP contribution >= 0.6 is 11.3 Å². The van der Waals surface area contributed by atoms with E-state index in [1.807, 2.05) is 18.2 Å². The quantitative estimate of drug-likeness (QED) is 0.602. The number of benzene rings is 2. The molecule has 1 aliphatic rings. The first kappa shape index (κ1) is 20.0. The Morgan fingerprint density at radius 2 is 1.69 bits per heavy atom. The minimum atomic E-state index is -3.48. The number of methoxy groups -OCH3 is 1. The predicted molar refractivity (Wildman–Crippen MR) is 115 cm³/mol. The van der Waals surface area contributed by atoms with Crippen molar-refractivity contribution in [2.45, 2.75) is 11.4 Å². The molecule has 1 fully saturated rings. The van der Waals surface area contributed by atoms with Gasteiger partial charge < -0.3 is 4.74 Å². The van der Waals surface area contributed by atoms with Gasteiger partial charge in [-0.15, -0.1) is 11.3 Å². The Morgan fingerprint density at radius 1 is 1.00 bits per heavy atom. The first-order valence-electron chi connectivity index (χ1n) is 9.42. The Balaban J connectivity index is 1.36. The number of hydrogen-bond acceptors (Lipinski definition) is 6. The third-order valence-electron chi connectivity index (χ3n) is 5.01. The molecule has 0 aliphatic carbocycles. The molecule has 152 valence electrons. The molecule has 2 aromatic carbocycles. The van der Waals surface area contributed by atoms with Crippen molar-refractivity contribution in [2.24, 2.45) is 0 Å². The fourth-order valence-corrected chi connectivity index (χ4v) is 5.61. The summed E-state index contributed by atoms with van der Waals surface area (Å²) in [5.74, 6) is 0.645. The van der Waals surface area contributed by atoms with Crippen molar-refractivity contribution >= 4 is 21.4 Å². The van der Waals surface area contributed by atoms with Gasteiger partial charge >= 0.3 is 0 Å². The highest BCUT2D eigenvalue weighted by atomic mass is 32.2. The van der Waals surface area contributed by atoms with Crippen molar-refractivity contribution in [3.05, 3.63) is 65.0 Å². The van der Waals surface area contributed by atoms with Crippen LogP contribution in [0.25, 0.3) is 11.3 Å². The molecule has 3 aromatic rings. The number of nitrogens with zero attached hydrogens (tertiary/aromatic N) is 3. The SMILES string of the molecule is COc1ccc(S(=O)(=O)N2CCN(Cc3nc(-c4ccccc4)cs3)CC2)cc1. The van der Waals surface area contributed by atoms with Crippen molar-refractivity contribution in [2.75, 3.05) is 33.3 Å². The fraction of sp³-hybridized carbons (Fsp3) is 0.286. The van der Waals surface area contributed by atoms with Gasteiger partial charge in [-0.25, -0.2) is 13.4 Å². The molecule has 0 amide bonds. The highest BCUT2D eigenvalue weighted by Crippen LogP contribution is 2.24. The Kier molecular flexibility index (Phi) is 5.96. The van der Waals surface area contributed by atoms with E-state index in [4.69, 9.17) is 9.72 Å². The van der Waals surface area contributed by atoms with E-state index < -0.39 is 10.0 Å². The van der Waals surface area contributed by atoms with E-state index in [1.54, 1.807) is 47.0 Å². The van der Waals surface area contributed by atoms with Gasteiger partial charge in [0.25, 0.3) is 0 Å². The number of aromatic nitrogens is 1. The van der Waals surface area contributed by atoms with Crippen LogP contribution in [0.2, 0.25) is 0 Å². The van der Waals surface area contributed by atoms with Crippen LogP contribution in [0.15, 0.2) is 64.9 Å². The summed E-state index contributed by atoms with van der Waals surface area (Å²) in [5.41, 5.74) is 2.11. The maximum Gasteiger partial charge on any atom is 0.243 e. The van der Waals surface area contributed by atoms with Crippen molar-refractivity contribution < 1.29 is 13.2 Å². The average Bonchev–Trinajstić information content (AvgIpc) is 3.23. The lowest BCUT2D eigenvalue weighted by molar-refractivity contribution is 0.181. The van der Waals surface area contributed by atoms with Crippen LogP contribution in [0.4, 0.5) is 0 Å². The van der Waals surface area contributed by atoms with Gasteiger partial charge in [0, 0.05) is 37.1 Å². The van der Waals surface area contributed by atoms with Crippen LogP contribution in [0, 0.1) is 0 Å². The van der Waals surface area contributed by atoms with Crippen molar-refractivity contribution in [3.63, 3.8) is 0 Å². The summed E-state index contributed by atoms with van der Waals surface area (Å²) in [6.07, 6.45) is 0. The van der Waals surface area contributed by atoms with E-state index in [9.17, 15) is 8.42 Å². The Hall–Kier alpha value is -2.26. The molecule has 0 bridgehead atoms. The van der Waals surface area contributed by atoms with E-state index >= 15 is 0 Å². The summed E-state index contributed by atoms with van der Waals surface area (Å²) in [6.45, 7) is 3.08. The molecule has 0 saturated carbocycles. The number of rotatable bonds is 6. The molecule has 8 heteroatoms.